The molecule has 1 aliphatic heterocycles. The fourth-order valence-corrected chi connectivity index (χ4v) is 1.08. The van der Waals surface area contributed by atoms with Gasteiger partial charge in [-0.25, -0.2) is 0 Å². The summed E-state index contributed by atoms with van der Waals surface area (Å²) in [6.45, 7) is 2.98. The highest BCUT2D eigenvalue weighted by molar-refractivity contribution is 5.54. The highest BCUT2D eigenvalue weighted by atomic mass is 16.1. The van der Waals surface area contributed by atoms with Gasteiger partial charge in [-0.1, -0.05) is 0 Å². The van der Waals surface area contributed by atoms with Gasteiger partial charge in [-0.15, -0.1) is 0 Å². The van der Waals surface area contributed by atoms with Gasteiger partial charge < -0.3 is 10.1 Å². The molecule has 1 rings (SSSR count). The lowest BCUT2D eigenvalue weighted by molar-refractivity contribution is -0.110. The molecular weight excluding hydrogens is 102 g/mol. The average molecular weight is 113 g/mol. The van der Waals surface area contributed by atoms with E-state index in [0.717, 1.165) is 19.3 Å². The Morgan fingerprint density at radius 2 is 2.50 bits per heavy atom. The molecule has 0 unspecified atom stereocenters. The van der Waals surface area contributed by atoms with E-state index in [1.54, 1.807) is 0 Å². The molecule has 1 saturated heterocycles. The van der Waals surface area contributed by atoms with Crippen LogP contribution in [0.2, 0.25) is 0 Å². The second-order valence-electron chi connectivity index (χ2n) is 2.44. The van der Waals surface area contributed by atoms with Crippen LogP contribution in [0.1, 0.15) is 13.3 Å². The number of nitrogens with one attached hydrogen (secondary N) is 1. The van der Waals surface area contributed by atoms with Crippen molar-refractivity contribution in [1.82, 2.24) is 5.32 Å². The quantitative estimate of drug-likeness (QED) is 0.491. The SMILES string of the molecule is C[C@@H]1C[C@@H](C=O)CN1. The lowest BCUT2D eigenvalue weighted by Crippen LogP contribution is -2.16. The van der Waals surface area contributed by atoms with E-state index in [1.165, 1.54) is 0 Å². The first-order valence-corrected chi connectivity index (χ1v) is 3.01. The molecule has 8 heavy (non-hydrogen) atoms. The van der Waals surface area contributed by atoms with Crippen molar-refractivity contribution >= 4 is 6.29 Å². The molecule has 46 valence electrons. The van der Waals surface area contributed by atoms with Gasteiger partial charge in [-0.3, -0.25) is 0 Å². The molecular formula is C6H11NO. The van der Waals surface area contributed by atoms with Gasteiger partial charge in [0.05, 0.1) is 0 Å². The summed E-state index contributed by atoms with van der Waals surface area (Å²) in [6, 6.07) is 0.546. The largest absolute Gasteiger partial charge is 0.314 e. The van der Waals surface area contributed by atoms with Crippen molar-refractivity contribution in [2.24, 2.45) is 5.92 Å². The van der Waals surface area contributed by atoms with Gasteiger partial charge in [0, 0.05) is 18.5 Å². The van der Waals surface area contributed by atoms with E-state index < -0.39 is 0 Å². The third-order valence-electron chi connectivity index (χ3n) is 1.58. The fourth-order valence-electron chi connectivity index (χ4n) is 1.08. The summed E-state index contributed by atoms with van der Waals surface area (Å²) < 4.78 is 0. The molecule has 2 heteroatoms. The van der Waals surface area contributed by atoms with E-state index in [2.05, 4.69) is 12.2 Å². The second-order valence-corrected chi connectivity index (χ2v) is 2.44. The Morgan fingerprint density at radius 3 is 2.75 bits per heavy atom. The van der Waals surface area contributed by atoms with Gasteiger partial charge in [0.2, 0.25) is 0 Å². The van der Waals surface area contributed by atoms with Crippen LogP contribution in [-0.4, -0.2) is 18.9 Å². The molecule has 0 radical (unpaired) electrons. The minimum atomic E-state index is 0.282. The smallest absolute Gasteiger partial charge is 0.124 e. The van der Waals surface area contributed by atoms with E-state index in [4.69, 9.17) is 0 Å². The number of carbonyl (C=O) groups is 1. The first-order chi connectivity index (χ1) is 3.83. The summed E-state index contributed by atoms with van der Waals surface area (Å²) in [4.78, 5) is 10.1. The standard InChI is InChI=1S/C6H11NO/c1-5-2-6(4-8)3-7-5/h4-7H,2-3H2,1H3/t5-,6-/m1/s1. The number of rotatable bonds is 1. The highest BCUT2D eigenvalue weighted by Gasteiger charge is 2.18. The lowest BCUT2D eigenvalue weighted by atomic mass is 10.1. The molecule has 0 aromatic heterocycles. The van der Waals surface area contributed by atoms with E-state index >= 15 is 0 Å². The zero-order chi connectivity index (χ0) is 5.98. The van der Waals surface area contributed by atoms with Crippen LogP contribution >= 0.6 is 0 Å². The molecule has 1 N–H and O–H groups in total. The van der Waals surface area contributed by atoms with Crippen LogP contribution in [0.15, 0.2) is 0 Å². The zero-order valence-corrected chi connectivity index (χ0v) is 5.05. The highest BCUT2D eigenvalue weighted by Crippen LogP contribution is 2.09. The van der Waals surface area contributed by atoms with E-state index in [9.17, 15) is 4.79 Å². The van der Waals surface area contributed by atoms with Crippen LogP contribution in [0.3, 0.4) is 0 Å². The first-order valence-electron chi connectivity index (χ1n) is 3.01. The zero-order valence-electron chi connectivity index (χ0n) is 5.05. The fraction of sp³-hybridized carbons (Fsp3) is 0.833. The predicted molar refractivity (Wildman–Crippen MR) is 31.6 cm³/mol. The van der Waals surface area contributed by atoms with E-state index in [1.807, 2.05) is 0 Å². The summed E-state index contributed by atoms with van der Waals surface area (Å²) >= 11 is 0. The Balaban J connectivity index is 2.32. The maximum absolute atomic E-state index is 10.1. The van der Waals surface area contributed by atoms with E-state index in [0.29, 0.717) is 6.04 Å². The van der Waals surface area contributed by atoms with Crippen molar-refractivity contribution in [1.29, 1.82) is 0 Å². The van der Waals surface area contributed by atoms with Crippen LogP contribution in [0.5, 0.6) is 0 Å². The molecule has 1 aliphatic rings. The van der Waals surface area contributed by atoms with Crippen LogP contribution in [-0.2, 0) is 4.79 Å². The van der Waals surface area contributed by atoms with Crippen molar-refractivity contribution in [3.8, 4) is 0 Å². The molecule has 0 amide bonds. The minimum absolute atomic E-state index is 0.282. The van der Waals surface area contributed by atoms with Crippen LogP contribution < -0.4 is 5.32 Å². The molecule has 2 atom stereocenters. The van der Waals surface area contributed by atoms with Gasteiger partial charge in [-0.2, -0.15) is 0 Å². The molecule has 0 aromatic carbocycles. The Morgan fingerprint density at radius 1 is 1.75 bits per heavy atom. The Kier molecular flexibility index (Phi) is 1.63. The topological polar surface area (TPSA) is 29.1 Å². The Hall–Kier alpha value is -0.370. The maximum atomic E-state index is 10.1. The van der Waals surface area contributed by atoms with Crippen LogP contribution in [0, 0.1) is 5.92 Å². The van der Waals surface area contributed by atoms with Crippen molar-refractivity contribution in [3.05, 3.63) is 0 Å². The summed E-state index contributed by atoms with van der Waals surface area (Å²) in [6.07, 6.45) is 2.06. The lowest BCUT2D eigenvalue weighted by Gasteiger charge is -1.95. The molecule has 1 fully saturated rings. The number of carbonyl (C=O) groups excluding carboxylic acids is 1. The normalized spacial score (nSPS) is 37.6. The molecule has 0 aromatic rings. The third-order valence-corrected chi connectivity index (χ3v) is 1.58. The molecule has 0 spiro atoms. The minimum Gasteiger partial charge on any atom is -0.314 e. The Bertz CT molecular complexity index is 92.5. The van der Waals surface area contributed by atoms with Crippen molar-refractivity contribution in [3.63, 3.8) is 0 Å². The predicted octanol–water partition coefficient (Wildman–Crippen LogP) is 0.183. The first kappa shape index (κ1) is 5.76. The number of hydrogen-bond acceptors (Lipinski definition) is 2. The van der Waals surface area contributed by atoms with Crippen molar-refractivity contribution < 1.29 is 4.79 Å². The maximum Gasteiger partial charge on any atom is 0.124 e. The summed E-state index contributed by atoms with van der Waals surface area (Å²) in [5, 5.41) is 3.19. The van der Waals surface area contributed by atoms with Crippen LogP contribution in [0.4, 0.5) is 0 Å². The molecule has 1 heterocycles. The van der Waals surface area contributed by atoms with Crippen LogP contribution in [0.25, 0.3) is 0 Å². The summed E-state index contributed by atoms with van der Waals surface area (Å²) in [5.41, 5.74) is 0. The monoisotopic (exact) mass is 113 g/mol. The Labute approximate surface area is 49.3 Å². The number of aldehydes is 1. The van der Waals surface area contributed by atoms with Gasteiger partial charge in [0.1, 0.15) is 6.29 Å². The second kappa shape index (κ2) is 2.27. The van der Waals surface area contributed by atoms with Gasteiger partial charge in [0.25, 0.3) is 0 Å². The molecule has 0 saturated carbocycles. The average Bonchev–Trinajstić information content (AvgIpc) is 2.14. The molecule has 2 nitrogen and oxygen atoms in total. The van der Waals surface area contributed by atoms with Gasteiger partial charge in [0.15, 0.2) is 0 Å². The number of hydrogen-bond donors (Lipinski definition) is 1. The molecule has 0 aliphatic carbocycles. The van der Waals surface area contributed by atoms with Gasteiger partial charge >= 0.3 is 0 Å². The van der Waals surface area contributed by atoms with E-state index in [-0.39, 0.29) is 5.92 Å². The summed E-state index contributed by atoms with van der Waals surface area (Å²) in [7, 11) is 0. The van der Waals surface area contributed by atoms with Crippen molar-refractivity contribution in [2.75, 3.05) is 6.54 Å². The third kappa shape index (κ3) is 1.07. The van der Waals surface area contributed by atoms with Gasteiger partial charge in [-0.05, 0) is 13.3 Å². The molecule has 0 bridgehead atoms. The summed E-state index contributed by atoms with van der Waals surface area (Å²) in [5.74, 6) is 0.282. The van der Waals surface area contributed by atoms with Crippen molar-refractivity contribution in [2.45, 2.75) is 19.4 Å².